The van der Waals surface area contributed by atoms with E-state index in [4.69, 9.17) is 9.52 Å². The molecule has 0 saturated heterocycles. The summed E-state index contributed by atoms with van der Waals surface area (Å²) in [6.07, 6.45) is 5.16. The highest BCUT2D eigenvalue weighted by molar-refractivity contribution is 7.98. The van der Waals surface area contributed by atoms with Crippen molar-refractivity contribution in [1.29, 1.82) is 4.78 Å². The topological polar surface area (TPSA) is 88.0 Å². The molecule has 3 rings (SSSR count). The number of rotatable bonds is 7. The van der Waals surface area contributed by atoms with Gasteiger partial charge in [0.05, 0.1) is 16.3 Å². The van der Waals surface area contributed by atoms with Gasteiger partial charge in [-0.15, -0.1) is 11.8 Å². The summed E-state index contributed by atoms with van der Waals surface area (Å²) >= 11 is 1.54. The van der Waals surface area contributed by atoms with Crippen LogP contribution in [0.3, 0.4) is 0 Å². The second-order valence-corrected chi connectivity index (χ2v) is 9.02. The summed E-state index contributed by atoms with van der Waals surface area (Å²) in [4.78, 5) is 9.50. The molecular formula is C20H22N4O2S2. The second kappa shape index (κ2) is 8.62. The Morgan fingerprint density at radius 2 is 1.96 bits per heavy atom. The van der Waals surface area contributed by atoms with Crippen LogP contribution in [0.1, 0.15) is 6.92 Å². The molecule has 2 N–H and O–H groups in total. The van der Waals surface area contributed by atoms with Crippen molar-refractivity contribution in [3.8, 4) is 16.9 Å². The predicted molar refractivity (Wildman–Crippen MR) is 115 cm³/mol. The molecule has 0 amide bonds. The van der Waals surface area contributed by atoms with Crippen molar-refractivity contribution in [3.63, 3.8) is 0 Å². The Kier molecular flexibility index (Phi) is 6.21. The number of thioether (sulfide) groups is 1. The van der Waals surface area contributed by atoms with E-state index < -0.39 is 9.73 Å². The van der Waals surface area contributed by atoms with Gasteiger partial charge in [-0.3, -0.25) is 0 Å². The minimum absolute atomic E-state index is 0.448. The first kappa shape index (κ1) is 20.2. The molecule has 2 aromatic carbocycles. The quantitative estimate of drug-likeness (QED) is 0.416. The monoisotopic (exact) mass is 414 g/mol. The number of nitrogens with zero attached hydrogens (tertiary/aromatic N) is 2. The minimum atomic E-state index is -2.78. The van der Waals surface area contributed by atoms with Crippen molar-refractivity contribution >= 4 is 33.1 Å². The minimum Gasteiger partial charge on any atom is -0.494 e. The number of anilines is 2. The van der Waals surface area contributed by atoms with Crippen LogP contribution in [0.25, 0.3) is 11.1 Å². The van der Waals surface area contributed by atoms with Gasteiger partial charge in [-0.1, -0.05) is 18.2 Å². The Labute approximate surface area is 169 Å². The number of hydrogen-bond donors (Lipinski definition) is 2. The number of benzene rings is 2. The Bertz CT molecular complexity index is 1070. The van der Waals surface area contributed by atoms with Gasteiger partial charge in [0, 0.05) is 28.6 Å². The highest BCUT2D eigenvalue weighted by Gasteiger charge is 2.10. The van der Waals surface area contributed by atoms with E-state index in [0.717, 1.165) is 21.9 Å². The molecule has 1 aromatic heterocycles. The van der Waals surface area contributed by atoms with Crippen LogP contribution >= 0.6 is 11.8 Å². The first-order valence-electron chi connectivity index (χ1n) is 8.66. The summed E-state index contributed by atoms with van der Waals surface area (Å²) in [7, 11) is -2.78. The summed E-state index contributed by atoms with van der Waals surface area (Å²) in [6, 6.07) is 14.8. The second-order valence-electron chi connectivity index (χ2n) is 6.07. The van der Waals surface area contributed by atoms with Crippen LogP contribution in [0.15, 0.2) is 64.6 Å². The highest BCUT2D eigenvalue weighted by Crippen LogP contribution is 2.30. The zero-order chi connectivity index (χ0) is 20.1. The van der Waals surface area contributed by atoms with Gasteiger partial charge in [-0.25, -0.2) is 19.0 Å². The van der Waals surface area contributed by atoms with Crippen molar-refractivity contribution in [3.05, 3.63) is 54.7 Å². The van der Waals surface area contributed by atoms with Crippen molar-refractivity contribution in [2.75, 3.05) is 24.4 Å². The molecule has 1 heterocycles. The molecule has 0 radical (unpaired) electrons. The maximum atomic E-state index is 12.0. The molecule has 0 aliphatic heterocycles. The first-order chi connectivity index (χ1) is 13.4. The Balaban J connectivity index is 1.87. The molecule has 0 fully saturated rings. The van der Waals surface area contributed by atoms with Crippen LogP contribution in [0, 0.1) is 4.78 Å². The van der Waals surface area contributed by atoms with Gasteiger partial charge in [0.1, 0.15) is 10.8 Å². The molecule has 146 valence electrons. The van der Waals surface area contributed by atoms with Gasteiger partial charge in [0.25, 0.3) is 0 Å². The average Bonchev–Trinajstić information content (AvgIpc) is 2.68. The lowest BCUT2D eigenvalue weighted by Gasteiger charge is -2.11. The molecule has 0 bridgehead atoms. The van der Waals surface area contributed by atoms with Gasteiger partial charge in [-0.05, 0) is 49.1 Å². The SMILES string of the molecule is CCOc1ccc(-c2cnc(Nc3cccc(S(C)(=N)=O)c3)nc2SC)cc1. The third-order valence-electron chi connectivity index (χ3n) is 3.96. The number of ether oxygens (including phenoxy) is 1. The van der Waals surface area contributed by atoms with Crippen LogP contribution in [0.4, 0.5) is 11.6 Å². The van der Waals surface area contributed by atoms with Crippen LogP contribution in [-0.4, -0.2) is 33.3 Å². The molecule has 0 saturated carbocycles. The smallest absolute Gasteiger partial charge is 0.228 e. The van der Waals surface area contributed by atoms with Crippen molar-refractivity contribution in [2.24, 2.45) is 0 Å². The normalized spacial score (nSPS) is 13.0. The van der Waals surface area contributed by atoms with E-state index >= 15 is 0 Å². The van der Waals surface area contributed by atoms with E-state index in [0.29, 0.717) is 23.1 Å². The number of aromatic nitrogens is 2. The van der Waals surface area contributed by atoms with Crippen molar-refractivity contribution in [1.82, 2.24) is 9.97 Å². The largest absolute Gasteiger partial charge is 0.494 e. The third-order valence-corrected chi connectivity index (χ3v) is 5.81. The molecule has 0 aliphatic rings. The Morgan fingerprint density at radius 3 is 2.61 bits per heavy atom. The van der Waals surface area contributed by atoms with E-state index in [1.807, 2.05) is 43.5 Å². The fourth-order valence-corrected chi connectivity index (χ4v) is 3.88. The molecule has 3 aromatic rings. The van der Waals surface area contributed by atoms with Crippen LogP contribution in [-0.2, 0) is 9.73 Å². The Morgan fingerprint density at radius 1 is 1.21 bits per heavy atom. The van der Waals surface area contributed by atoms with Gasteiger partial charge in [0.2, 0.25) is 5.95 Å². The number of hydrogen-bond acceptors (Lipinski definition) is 7. The van der Waals surface area contributed by atoms with Crippen LogP contribution in [0.5, 0.6) is 5.75 Å². The molecule has 8 heteroatoms. The predicted octanol–water partition coefficient (Wildman–Crippen LogP) is 5.04. The van der Waals surface area contributed by atoms with E-state index in [1.165, 1.54) is 18.0 Å². The van der Waals surface area contributed by atoms with Gasteiger partial charge in [0.15, 0.2) is 0 Å². The molecule has 1 atom stereocenters. The van der Waals surface area contributed by atoms with Crippen molar-refractivity contribution in [2.45, 2.75) is 16.8 Å². The summed E-state index contributed by atoms with van der Waals surface area (Å²) in [5.74, 6) is 1.28. The Hall–Kier alpha value is -2.58. The molecule has 28 heavy (non-hydrogen) atoms. The lowest BCUT2D eigenvalue weighted by molar-refractivity contribution is 0.340. The lowest BCUT2D eigenvalue weighted by atomic mass is 10.1. The van der Waals surface area contributed by atoms with Crippen LogP contribution in [0.2, 0.25) is 0 Å². The fraction of sp³-hybridized carbons (Fsp3) is 0.200. The standard InChI is InChI=1S/C20H22N4O2S2/c1-4-26-16-10-8-14(9-11-16)18-13-22-20(24-19(18)27-2)23-15-6-5-7-17(12-15)28(3,21)25/h5-13,21H,4H2,1-3H3,(H,22,23,24). The van der Waals surface area contributed by atoms with Gasteiger partial charge < -0.3 is 10.1 Å². The van der Waals surface area contributed by atoms with Gasteiger partial charge in [-0.2, -0.15) is 0 Å². The molecule has 0 spiro atoms. The summed E-state index contributed by atoms with van der Waals surface area (Å²) < 4.78 is 25.2. The van der Waals surface area contributed by atoms with Gasteiger partial charge >= 0.3 is 0 Å². The summed E-state index contributed by atoms with van der Waals surface area (Å²) in [5, 5.41) is 3.98. The van der Waals surface area contributed by atoms with E-state index in [-0.39, 0.29) is 0 Å². The zero-order valence-electron chi connectivity index (χ0n) is 15.9. The fourth-order valence-electron chi connectivity index (χ4n) is 2.62. The van der Waals surface area contributed by atoms with Crippen molar-refractivity contribution < 1.29 is 8.95 Å². The lowest BCUT2D eigenvalue weighted by Crippen LogP contribution is -2.01. The summed E-state index contributed by atoms with van der Waals surface area (Å²) in [5.41, 5.74) is 2.65. The maximum Gasteiger partial charge on any atom is 0.228 e. The maximum absolute atomic E-state index is 12.0. The van der Waals surface area contributed by atoms with E-state index in [1.54, 1.807) is 24.4 Å². The number of nitrogens with one attached hydrogen (secondary N) is 2. The van der Waals surface area contributed by atoms with E-state index in [9.17, 15) is 4.21 Å². The summed E-state index contributed by atoms with van der Waals surface area (Å²) in [6.45, 7) is 2.59. The van der Waals surface area contributed by atoms with Crippen LogP contribution < -0.4 is 10.1 Å². The zero-order valence-corrected chi connectivity index (χ0v) is 17.6. The van der Waals surface area contributed by atoms with E-state index in [2.05, 4.69) is 15.3 Å². The first-order valence-corrected chi connectivity index (χ1v) is 11.8. The molecule has 6 nitrogen and oxygen atoms in total. The molecular weight excluding hydrogens is 392 g/mol. The highest BCUT2D eigenvalue weighted by atomic mass is 32.2. The molecule has 1 unspecified atom stereocenters. The average molecular weight is 415 g/mol. The third kappa shape index (κ3) is 4.82. The molecule has 0 aliphatic carbocycles.